The minimum absolute atomic E-state index is 0.00365. The Bertz CT molecular complexity index is 800. The summed E-state index contributed by atoms with van der Waals surface area (Å²) < 4.78 is 5.11. The first-order chi connectivity index (χ1) is 11.5. The van der Waals surface area contributed by atoms with Crippen LogP contribution in [0.25, 0.3) is 0 Å². The summed E-state index contributed by atoms with van der Waals surface area (Å²) in [6.45, 7) is 0. The third-order valence-corrected chi connectivity index (χ3v) is 3.77. The third-order valence-electron chi connectivity index (χ3n) is 3.77. The van der Waals surface area contributed by atoms with Crippen molar-refractivity contribution in [3.05, 3.63) is 65.2 Å². The molecule has 0 fully saturated rings. The second kappa shape index (κ2) is 6.54. The highest BCUT2D eigenvalue weighted by Gasteiger charge is 2.31. The minimum Gasteiger partial charge on any atom is -0.545 e. The SMILES string of the molecule is O=C(Cc1ccccc1)NC1Cc2cccc(C(=O)[O-])c2OC1=O. The van der Waals surface area contributed by atoms with E-state index in [0.29, 0.717) is 5.56 Å². The van der Waals surface area contributed by atoms with Crippen molar-refractivity contribution in [1.29, 1.82) is 0 Å². The van der Waals surface area contributed by atoms with Gasteiger partial charge in [0.15, 0.2) is 0 Å². The Balaban J connectivity index is 1.72. The predicted molar refractivity (Wildman–Crippen MR) is 82.2 cm³/mol. The lowest BCUT2D eigenvalue weighted by molar-refractivity contribution is -0.255. The fourth-order valence-electron chi connectivity index (χ4n) is 2.64. The lowest BCUT2D eigenvalue weighted by Gasteiger charge is -2.26. The van der Waals surface area contributed by atoms with Crippen LogP contribution in [0.4, 0.5) is 0 Å². The van der Waals surface area contributed by atoms with Gasteiger partial charge >= 0.3 is 5.97 Å². The van der Waals surface area contributed by atoms with Gasteiger partial charge in [0.25, 0.3) is 0 Å². The second-order valence-corrected chi connectivity index (χ2v) is 5.49. The summed E-state index contributed by atoms with van der Waals surface area (Å²) in [5.74, 6) is -2.40. The van der Waals surface area contributed by atoms with Crippen LogP contribution in [0.1, 0.15) is 21.5 Å². The van der Waals surface area contributed by atoms with E-state index < -0.39 is 18.0 Å². The highest BCUT2D eigenvalue weighted by Crippen LogP contribution is 2.29. The number of carbonyl (C=O) groups is 3. The quantitative estimate of drug-likeness (QED) is 0.642. The van der Waals surface area contributed by atoms with E-state index in [0.717, 1.165) is 5.56 Å². The van der Waals surface area contributed by atoms with E-state index in [-0.39, 0.29) is 30.1 Å². The van der Waals surface area contributed by atoms with Gasteiger partial charge in [-0.25, -0.2) is 4.79 Å². The second-order valence-electron chi connectivity index (χ2n) is 5.49. The van der Waals surface area contributed by atoms with Crippen LogP contribution in [-0.4, -0.2) is 23.9 Å². The molecular formula is C18H14NO5-. The highest BCUT2D eigenvalue weighted by molar-refractivity contribution is 5.94. The Hall–Kier alpha value is -3.15. The van der Waals surface area contributed by atoms with Crippen molar-refractivity contribution < 1.29 is 24.2 Å². The van der Waals surface area contributed by atoms with E-state index in [1.807, 2.05) is 30.3 Å². The number of aromatic carboxylic acids is 1. The van der Waals surface area contributed by atoms with Crippen molar-refractivity contribution in [2.24, 2.45) is 0 Å². The maximum Gasteiger partial charge on any atom is 0.334 e. The lowest BCUT2D eigenvalue weighted by Crippen LogP contribution is -2.47. The molecule has 1 heterocycles. The van der Waals surface area contributed by atoms with Crippen molar-refractivity contribution in [2.75, 3.05) is 0 Å². The van der Waals surface area contributed by atoms with E-state index >= 15 is 0 Å². The van der Waals surface area contributed by atoms with Gasteiger partial charge < -0.3 is 20.0 Å². The van der Waals surface area contributed by atoms with Crippen LogP contribution in [0.5, 0.6) is 5.75 Å². The van der Waals surface area contributed by atoms with E-state index in [2.05, 4.69) is 5.32 Å². The summed E-state index contributed by atoms with van der Waals surface area (Å²) in [6.07, 6.45) is 0.326. The molecule has 0 saturated carbocycles. The molecule has 1 N–H and O–H groups in total. The molecule has 0 bridgehead atoms. The average molecular weight is 324 g/mol. The van der Waals surface area contributed by atoms with E-state index in [1.54, 1.807) is 12.1 Å². The Kier molecular flexibility index (Phi) is 4.29. The van der Waals surface area contributed by atoms with Crippen LogP contribution in [0, 0.1) is 0 Å². The normalized spacial score (nSPS) is 16.0. The summed E-state index contributed by atoms with van der Waals surface area (Å²) in [7, 11) is 0. The molecular weight excluding hydrogens is 310 g/mol. The number of carbonyl (C=O) groups excluding carboxylic acids is 3. The Morgan fingerprint density at radius 2 is 1.88 bits per heavy atom. The number of hydrogen-bond donors (Lipinski definition) is 1. The fourth-order valence-corrected chi connectivity index (χ4v) is 2.64. The van der Waals surface area contributed by atoms with Crippen LogP contribution in [-0.2, 0) is 22.4 Å². The van der Waals surface area contributed by atoms with Gasteiger partial charge in [-0.2, -0.15) is 0 Å². The first kappa shape index (κ1) is 15.7. The number of fused-ring (bicyclic) bond motifs is 1. The first-order valence-corrected chi connectivity index (χ1v) is 7.43. The zero-order valence-corrected chi connectivity index (χ0v) is 12.7. The monoisotopic (exact) mass is 324 g/mol. The molecule has 1 unspecified atom stereocenters. The summed E-state index contributed by atoms with van der Waals surface area (Å²) in [4.78, 5) is 35.2. The predicted octanol–water partition coefficient (Wildman–Crippen LogP) is 0.239. The molecule has 24 heavy (non-hydrogen) atoms. The van der Waals surface area contributed by atoms with Crippen molar-refractivity contribution in [1.82, 2.24) is 5.32 Å². The maximum absolute atomic E-state index is 12.1. The van der Waals surface area contributed by atoms with Crippen molar-refractivity contribution in [3.63, 3.8) is 0 Å². The summed E-state index contributed by atoms with van der Waals surface area (Å²) >= 11 is 0. The van der Waals surface area contributed by atoms with Crippen LogP contribution in [0.15, 0.2) is 48.5 Å². The molecule has 0 spiro atoms. The summed E-state index contributed by atoms with van der Waals surface area (Å²) in [5, 5.41) is 13.7. The number of carboxylic acid groups (broad SMARTS) is 1. The van der Waals surface area contributed by atoms with Gasteiger partial charge in [-0.1, -0.05) is 42.5 Å². The molecule has 3 rings (SSSR count). The molecule has 1 aliphatic rings. The van der Waals surface area contributed by atoms with E-state index in [1.165, 1.54) is 6.07 Å². The zero-order valence-electron chi connectivity index (χ0n) is 12.7. The molecule has 1 amide bonds. The molecule has 6 nitrogen and oxygen atoms in total. The van der Waals surface area contributed by atoms with Gasteiger partial charge in [-0.05, 0) is 17.2 Å². The molecule has 1 aliphatic heterocycles. The molecule has 2 aromatic carbocycles. The molecule has 0 saturated heterocycles. The molecule has 0 radical (unpaired) electrons. The van der Waals surface area contributed by atoms with E-state index in [9.17, 15) is 19.5 Å². The van der Waals surface area contributed by atoms with Crippen LogP contribution < -0.4 is 15.2 Å². The summed E-state index contributed by atoms with van der Waals surface area (Å²) in [5.41, 5.74) is 1.20. The topological polar surface area (TPSA) is 95.5 Å². The number of para-hydroxylation sites is 1. The molecule has 2 aromatic rings. The number of rotatable bonds is 4. The Morgan fingerprint density at radius 3 is 2.58 bits per heavy atom. The number of hydrogen-bond acceptors (Lipinski definition) is 5. The number of amides is 1. The van der Waals surface area contributed by atoms with Crippen molar-refractivity contribution in [3.8, 4) is 5.75 Å². The van der Waals surface area contributed by atoms with Gasteiger partial charge in [0.1, 0.15) is 11.8 Å². The fraction of sp³-hybridized carbons (Fsp3) is 0.167. The van der Waals surface area contributed by atoms with Gasteiger partial charge in [0.05, 0.1) is 12.4 Å². The smallest absolute Gasteiger partial charge is 0.334 e. The van der Waals surface area contributed by atoms with Gasteiger partial charge in [0.2, 0.25) is 5.91 Å². The van der Waals surface area contributed by atoms with Crippen molar-refractivity contribution >= 4 is 17.8 Å². The first-order valence-electron chi connectivity index (χ1n) is 7.43. The number of nitrogens with one attached hydrogen (secondary N) is 1. The molecule has 1 atom stereocenters. The summed E-state index contributed by atoms with van der Waals surface area (Å²) in [6, 6.07) is 12.8. The Morgan fingerprint density at radius 1 is 1.12 bits per heavy atom. The Labute approximate surface area is 138 Å². The minimum atomic E-state index is -1.41. The molecule has 0 aromatic heterocycles. The van der Waals surface area contributed by atoms with Crippen molar-refractivity contribution in [2.45, 2.75) is 18.9 Å². The molecule has 6 heteroatoms. The zero-order chi connectivity index (χ0) is 17.1. The lowest BCUT2D eigenvalue weighted by atomic mass is 9.98. The number of benzene rings is 2. The third kappa shape index (κ3) is 3.27. The molecule has 122 valence electrons. The maximum atomic E-state index is 12.1. The van der Waals surface area contributed by atoms with Gasteiger partial charge in [-0.15, -0.1) is 0 Å². The van der Waals surface area contributed by atoms with E-state index in [4.69, 9.17) is 4.74 Å². The van der Waals surface area contributed by atoms with Gasteiger partial charge in [-0.3, -0.25) is 4.79 Å². The standard InChI is InChI=1S/C18H15NO5/c20-15(9-11-5-2-1-3-6-11)19-14-10-12-7-4-8-13(17(21)22)16(12)24-18(14)23/h1-8,14H,9-10H2,(H,19,20)(H,21,22)/p-1. The van der Waals surface area contributed by atoms with Gasteiger partial charge in [0, 0.05) is 12.0 Å². The van der Waals surface area contributed by atoms with Crippen LogP contribution in [0.3, 0.4) is 0 Å². The molecule has 0 aliphatic carbocycles. The van der Waals surface area contributed by atoms with Crippen LogP contribution in [0.2, 0.25) is 0 Å². The number of carboxylic acids is 1. The van der Waals surface area contributed by atoms with Crippen LogP contribution >= 0.6 is 0 Å². The highest BCUT2D eigenvalue weighted by atomic mass is 16.5. The number of esters is 1. The largest absolute Gasteiger partial charge is 0.545 e. The number of ether oxygens (including phenoxy) is 1. The average Bonchev–Trinajstić information content (AvgIpc) is 2.55.